The molecule has 0 saturated carbocycles. The first-order valence-corrected chi connectivity index (χ1v) is 10.6. The monoisotopic (exact) mass is 436 g/mol. The number of hydrogen-bond acceptors (Lipinski definition) is 7. The lowest BCUT2D eigenvalue weighted by atomic mass is 9.96. The Morgan fingerprint density at radius 3 is 2.68 bits per heavy atom. The highest BCUT2D eigenvalue weighted by molar-refractivity contribution is 7.12. The minimum atomic E-state index is -1.12. The Labute approximate surface area is 183 Å². The topological polar surface area (TPSA) is 80.6 Å². The van der Waals surface area contributed by atoms with E-state index in [0.717, 1.165) is 21.9 Å². The lowest BCUT2D eigenvalue weighted by molar-refractivity contribution is -0.0199. The maximum Gasteiger partial charge on any atom is 0.340 e. The quantitative estimate of drug-likeness (QED) is 0.624. The van der Waals surface area contributed by atoms with E-state index in [1.165, 1.54) is 14.2 Å². The van der Waals surface area contributed by atoms with Crippen molar-refractivity contribution in [1.29, 1.82) is 0 Å². The Kier molecular flexibility index (Phi) is 4.78. The van der Waals surface area contributed by atoms with Gasteiger partial charge in [-0.15, -0.1) is 11.3 Å². The third-order valence-electron chi connectivity index (χ3n) is 5.56. The predicted molar refractivity (Wildman–Crippen MR) is 116 cm³/mol. The molecule has 0 saturated heterocycles. The summed E-state index contributed by atoms with van der Waals surface area (Å²) in [5, 5.41) is 18.8. The molecule has 2 aromatic carbocycles. The van der Waals surface area contributed by atoms with E-state index >= 15 is 0 Å². The third kappa shape index (κ3) is 3.11. The number of thiophene rings is 1. The van der Waals surface area contributed by atoms with Crippen molar-refractivity contribution in [3.05, 3.63) is 75.5 Å². The average molecular weight is 436 g/mol. The number of nitrogens with zero attached hydrogens (tertiary/aromatic N) is 2. The lowest BCUT2D eigenvalue weighted by Crippen LogP contribution is -2.34. The van der Waals surface area contributed by atoms with Crippen LogP contribution in [0.15, 0.2) is 59.0 Å². The van der Waals surface area contributed by atoms with E-state index in [2.05, 4.69) is 0 Å². The first-order valence-electron chi connectivity index (χ1n) is 9.75. The molecule has 3 heterocycles. The van der Waals surface area contributed by atoms with Crippen molar-refractivity contribution in [2.24, 2.45) is 5.10 Å². The second-order valence-corrected chi connectivity index (χ2v) is 8.15. The largest absolute Gasteiger partial charge is 0.493 e. The number of ether oxygens (including phenoxy) is 3. The third-order valence-corrected chi connectivity index (χ3v) is 6.48. The Hall–Kier alpha value is -3.52. The minimum absolute atomic E-state index is 0.00440. The van der Waals surface area contributed by atoms with Crippen LogP contribution < -0.4 is 14.2 Å². The van der Waals surface area contributed by atoms with Crippen LogP contribution in [0.1, 0.15) is 45.1 Å². The molecule has 158 valence electrons. The van der Waals surface area contributed by atoms with Gasteiger partial charge >= 0.3 is 5.97 Å². The second-order valence-electron chi connectivity index (χ2n) is 7.20. The molecule has 0 fully saturated rings. The molecule has 2 aliphatic rings. The number of aromatic carboxylic acids is 1. The first kappa shape index (κ1) is 19.4. The molecule has 0 radical (unpaired) electrons. The highest BCUT2D eigenvalue weighted by Crippen LogP contribution is 2.49. The Morgan fingerprint density at radius 1 is 1.13 bits per heavy atom. The van der Waals surface area contributed by atoms with Gasteiger partial charge < -0.3 is 19.3 Å². The zero-order valence-corrected chi connectivity index (χ0v) is 17.8. The SMILES string of the molecule is COc1ccc([C@@H]2Oc3ccccc3[C@H]3CC(c4cccs4)=NN32)c(C(=O)O)c1OC. The average Bonchev–Trinajstić information content (AvgIpc) is 3.47. The molecule has 31 heavy (non-hydrogen) atoms. The maximum atomic E-state index is 12.3. The number of para-hydroxylation sites is 1. The highest BCUT2D eigenvalue weighted by atomic mass is 32.1. The molecule has 0 bridgehead atoms. The summed E-state index contributed by atoms with van der Waals surface area (Å²) in [6, 6.07) is 15.2. The van der Waals surface area contributed by atoms with Gasteiger partial charge in [0, 0.05) is 17.5 Å². The maximum absolute atomic E-state index is 12.3. The van der Waals surface area contributed by atoms with E-state index in [1.807, 2.05) is 46.8 Å². The van der Waals surface area contributed by atoms with E-state index < -0.39 is 12.2 Å². The molecule has 1 N–H and O–H groups in total. The fraction of sp³-hybridized carbons (Fsp3) is 0.217. The molecular weight excluding hydrogens is 416 g/mol. The molecule has 7 nitrogen and oxygen atoms in total. The van der Waals surface area contributed by atoms with Gasteiger partial charge in [0.15, 0.2) is 11.5 Å². The number of carbonyl (C=O) groups is 1. The van der Waals surface area contributed by atoms with Gasteiger partial charge in [0.25, 0.3) is 0 Å². The Bertz CT molecular complexity index is 1170. The van der Waals surface area contributed by atoms with Crippen LogP contribution in [0.5, 0.6) is 17.2 Å². The first-order chi connectivity index (χ1) is 15.1. The van der Waals surface area contributed by atoms with Crippen LogP contribution in [0.25, 0.3) is 0 Å². The van der Waals surface area contributed by atoms with Gasteiger partial charge in [0.2, 0.25) is 6.23 Å². The molecule has 8 heteroatoms. The number of rotatable bonds is 5. The Morgan fingerprint density at radius 2 is 1.97 bits per heavy atom. The molecular formula is C23H20N2O5S. The molecule has 0 spiro atoms. The summed E-state index contributed by atoms with van der Waals surface area (Å²) in [6.45, 7) is 0. The van der Waals surface area contributed by atoms with Crippen LogP contribution >= 0.6 is 11.3 Å². The van der Waals surface area contributed by atoms with Gasteiger partial charge in [-0.1, -0.05) is 24.3 Å². The van der Waals surface area contributed by atoms with E-state index in [-0.39, 0.29) is 17.4 Å². The summed E-state index contributed by atoms with van der Waals surface area (Å²) in [5.41, 5.74) is 2.46. The summed E-state index contributed by atoms with van der Waals surface area (Å²) in [6.07, 6.45) is -0.00384. The molecule has 2 atom stereocenters. The fourth-order valence-electron chi connectivity index (χ4n) is 4.20. The smallest absolute Gasteiger partial charge is 0.340 e. The number of hydrogen-bond donors (Lipinski definition) is 1. The van der Waals surface area contributed by atoms with Gasteiger partial charge in [0.05, 0.1) is 30.9 Å². The van der Waals surface area contributed by atoms with Gasteiger partial charge in [-0.25, -0.2) is 9.80 Å². The number of benzene rings is 2. The molecule has 1 aromatic heterocycles. The zero-order chi connectivity index (χ0) is 21.5. The van der Waals surface area contributed by atoms with E-state index in [1.54, 1.807) is 23.5 Å². The van der Waals surface area contributed by atoms with Crippen molar-refractivity contribution in [1.82, 2.24) is 5.01 Å². The van der Waals surface area contributed by atoms with Crippen molar-refractivity contribution in [2.45, 2.75) is 18.7 Å². The number of hydrazone groups is 1. The van der Waals surface area contributed by atoms with Gasteiger partial charge in [-0.3, -0.25) is 0 Å². The van der Waals surface area contributed by atoms with Crippen molar-refractivity contribution in [3.8, 4) is 17.2 Å². The van der Waals surface area contributed by atoms with Crippen molar-refractivity contribution in [3.63, 3.8) is 0 Å². The Balaban J connectivity index is 1.68. The van der Waals surface area contributed by atoms with Crippen molar-refractivity contribution < 1.29 is 24.1 Å². The van der Waals surface area contributed by atoms with Crippen LogP contribution in [-0.4, -0.2) is 36.0 Å². The van der Waals surface area contributed by atoms with Gasteiger partial charge in [0.1, 0.15) is 11.3 Å². The van der Waals surface area contributed by atoms with Gasteiger partial charge in [-0.2, -0.15) is 5.10 Å². The summed E-state index contributed by atoms with van der Waals surface area (Å²) in [4.78, 5) is 13.4. The molecule has 0 aliphatic carbocycles. The number of methoxy groups -OCH3 is 2. The molecule has 0 amide bonds. The number of carboxylic acids is 1. The van der Waals surface area contributed by atoms with Crippen LogP contribution in [-0.2, 0) is 0 Å². The van der Waals surface area contributed by atoms with E-state index in [0.29, 0.717) is 17.7 Å². The summed E-state index contributed by atoms with van der Waals surface area (Å²) >= 11 is 1.63. The van der Waals surface area contributed by atoms with E-state index in [4.69, 9.17) is 19.3 Å². The minimum Gasteiger partial charge on any atom is -0.493 e. The van der Waals surface area contributed by atoms with Crippen molar-refractivity contribution >= 4 is 23.0 Å². The van der Waals surface area contributed by atoms with Crippen LogP contribution in [0.3, 0.4) is 0 Å². The molecule has 5 rings (SSSR count). The molecule has 0 unspecified atom stereocenters. The molecule has 3 aromatic rings. The van der Waals surface area contributed by atoms with Crippen molar-refractivity contribution in [2.75, 3.05) is 14.2 Å². The fourth-order valence-corrected chi connectivity index (χ4v) is 4.92. The summed E-state index contributed by atoms with van der Waals surface area (Å²) in [5.74, 6) is 0.114. The summed E-state index contributed by atoms with van der Waals surface area (Å²) < 4.78 is 17.0. The predicted octanol–water partition coefficient (Wildman–Crippen LogP) is 4.71. The second kappa shape index (κ2) is 7.63. The summed E-state index contributed by atoms with van der Waals surface area (Å²) in [7, 11) is 2.90. The number of carboxylic acid groups (broad SMARTS) is 1. The van der Waals surface area contributed by atoms with Crippen LogP contribution in [0.4, 0.5) is 0 Å². The van der Waals surface area contributed by atoms with Gasteiger partial charge in [-0.05, 0) is 29.6 Å². The van der Waals surface area contributed by atoms with Crippen LogP contribution in [0.2, 0.25) is 0 Å². The normalized spacial score (nSPS) is 19.2. The highest BCUT2D eigenvalue weighted by Gasteiger charge is 2.43. The van der Waals surface area contributed by atoms with E-state index in [9.17, 15) is 9.90 Å². The number of fused-ring (bicyclic) bond motifs is 3. The molecule has 2 aliphatic heterocycles. The lowest BCUT2D eigenvalue weighted by Gasteiger charge is -2.38. The standard InChI is InChI=1S/C23H20N2O5S/c1-28-18-10-9-14(20(23(26)27)21(18)29-2)22-25-16(13-6-3-4-7-17(13)30-22)12-15(24-25)19-8-5-11-31-19/h3-11,16,22H,12H2,1-2H3,(H,26,27)/t16-,22+/m1/s1. The van der Waals surface area contributed by atoms with Crippen LogP contribution in [0, 0.1) is 0 Å². The zero-order valence-electron chi connectivity index (χ0n) is 16.9.